The number of rotatable bonds is 7. The Kier molecular flexibility index (Phi) is 6.73. The number of hydrogen-bond donors (Lipinski definition) is 2. The van der Waals surface area contributed by atoms with Gasteiger partial charge in [0.15, 0.2) is 0 Å². The quantitative estimate of drug-likeness (QED) is 0.220. The van der Waals surface area contributed by atoms with Crippen molar-refractivity contribution in [3.8, 4) is 11.3 Å². The first-order valence-corrected chi connectivity index (χ1v) is 13.5. The molecule has 190 valence electrons. The third-order valence-electron chi connectivity index (χ3n) is 6.92. The normalized spacial score (nSPS) is 14.1. The van der Waals surface area contributed by atoms with Crippen molar-refractivity contribution < 1.29 is 9.59 Å². The van der Waals surface area contributed by atoms with Crippen LogP contribution in [-0.2, 0) is 11.3 Å². The fourth-order valence-electron chi connectivity index (χ4n) is 5.02. The predicted molar refractivity (Wildman–Crippen MR) is 153 cm³/mol. The number of fused-ring (bicyclic) bond motifs is 1. The summed E-state index contributed by atoms with van der Waals surface area (Å²) < 4.78 is 0. The van der Waals surface area contributed by atoms with E-state index in [9.17, 15) is 9.59 Å². The van der Waals surface area contributed by atoms with Crippen LogP contribution in [0.3, 0.4) is 0 Å². The first-order valence-electron chi connectivity index (χ1n) is 12.6. The smallest absolute Gasteiger partial charge is 0.296 e. The van der Waals surface area contributed by atoms with E-state index in [0.717, 1.165) is 54.9 Å². The molecule has 38 heavy (non-hydrogen) atoms. The molecule has 2 N–H and O–H groups in total. The number of anilines is 2. The molecule has 0 aliphatic carbocycles. The van der Waals surface area contributed by atoms with Crippen LogP contribution in [0.1, 0.15) is 15.2 Å². The molecular weight excluding hydrogens is 494 g/mol. The second kappa shape index (κ2) is 10.6. The number of carbonyl (C=O) groups excluding carboxylic acids is 2. The molecule has 4 heterocycles. The molecule has 5 aromatic rings. The number of carbonyl (C=O) groups is 2. The SMILES string of the molecule is O=C(Nc1cnccc1N1CCN(Cc2cccs2)CC1)C(=O)c1c(-c2ccccc2)[nH]c2ccccc12. The summed E-state index contributed by atoms with van der Waals surface area (Å²) in [7, 11) is 0. The maximum Gasteiger partial charge on any atom is 0.296 e. The van der Waals surface area contributed by atoms with Crippen molar-refractivity contribution >= 4 is 45.3 Å². The Balaban J connectivity index is 1.22. The molecule has 1 aliphatic heterocycles. The largest absolute Gasteiger partial charge is 0.367 e. The van der Waals surface area contributed by atoms with Gasteiger partial charge >= 0.3 is 0 Å². The van der Waals surface area contributed by atoms with Crippen molar-refractivity contribution in [2.24, 2.45) is 0 Å². The van der Waals surface area contributed by atoms with Gasteiger partial charge in [-0.15, -0.1) is 11.3 Å². The molecule has 2 aromatic carbocycles. The summed E-state index contributed by atoms with van der Waals surface area (Å²) in [5.41, 5.74) is 4.09. The first-order chi connectivity index (χ1) is 18.7. The molecule has 1 saturated heterocycles. The van der Waals surface area contributed by atoms with Gasteiger partial charge in [0.1, 0.15) is 0 Å². The third kappa shape index (κ3) is 4.83. The van der Waals surface area contributed by atoms with Gasteiger partial charge in [-0.05, 0) is 29.1 Å². The number of aromatic amines is 1. The van der Waals surface area contributed by atoms with Crippen molar-refractivity contribution in [1.82, 2.24) is 14.9 Å². The second-order valence-electron chi connectivity index (χ2n) is 9.31. The monoisotopic (exact) mass is 521 g/mol. The van der Waals surface area contributed by atoms with E-state index in [1.165, 1.54) is 4.88 Å². The lowest BCUT2D eigenvalue weighted by molar-refractivity contribution is -0.112. The minimum Gasteiger partial charge on any atom is -0.367 e. The Morgan fingerprint density at radius 1 is 0.921 bits per heavy atom. The number of ketones is 1. The van der Waals surface area contributed by atoms with Gasteiger partial charge in [-0.25, -0.2) is 0 Å². The van der Waals surface area contributed by atoms with E-state index in [0.29, 0.717) is 16.9 Å². The number of piperazine rings is 1. The fraction of sp³-hybridized carbons (Fsp3) is 0.167. The minimum absolute atomic E-state index is 0.372. The zero-order valence-corrected chi connectivity index (χ0v) is 21.6. The zero-order chi connectivity index (χ0) is 25.9. The summed E-state index contributed by atoms with van der Waals surface area (Å²) in [6.07, 6.45) is 3.34. The Bertz CT molecular complexity index is 1570. The lowest BCUT2D eigenvalue weighted by Gasteiger charge is -2.36. The van der Waals surface area contributed by atoms with Gasteiger partial charge in [0.2, 0.25) is 0 Å². The van der Waals surface area contributed by atoms with Gasteiger partial charge in [-0.1, -0.05) is 54.6 Å². The maximum atomic E-state index is 13.6. The van der Waals surface area contributed by atoms with Crippen LogP contribution in [0, 0.1) is 0 Å². The third-order valence-corrected chi connectivity index (χ3v) is 7.78. The molecule has 0 unspecified atom stereocenters. The molecule has 1 aliphatic rings. The highest BCUT2D eigenvalue weighted by Crippen LogP contribution is 2.32. The number of amides is 1. The molecule has 3 aromatic heterocycles. The van der Waals surface area contributed by atoms with E-state index in [2.05, 4.69) is 42.6 Å². The molecule has 6 rings (SSSR count). The molecule has 0 spiro atoms. The first kappa shape index (κ1) is 24.1. The van der Waals surface area contributed by atoms with Gasteiger partial charge in [-0.2, -0.15) is 0 Å². The van der Waals surface area contributed by atoms with E-state index in [1.54, 1.807) is 23.7 Å². The minimum atomic E-state index is -0.683. The van der Waals surface area contributed by atoms with Crippen LogP contribution >= 0.6 is 11.3 Å². The van der Waals surface area contributed by atoms with Crippen LogP contribution in [0.15, 0.2) is 90.6 Å². The summed E-state index contributed by atoms with van der Waals surface area (Å²) in [5.74, 6) is -1.27. The van der Waals surface area contributed by atoms with Crippen LogP contribution in [0.25, 0.3) is 22.2 Å². The molecule has 0 bridgehead atoms. The highest BCUT2D eigenvalue weighted by Gasteiger charge is 2.27. The average Bonchev–Trinajstić information content (AvgIpc) is 3.62. The van der Waals surface area contributed by atoms with E-state index in [1.807, 2.05) is 60.7 Å². The molecule has 7 nitrogen and oxygen atoms in total. The molecule has 1 fully saturated rings. The number of benzene rings is 2. The van der Waals surface area contributed by atoms with Crippen LogP contribution < -0.4 is 10.2 Å². The van der Waals surface area contributed by atoms with Gasteiger partial charge in [0.25, 0.3) is 11.7 Å². The standard InChI is InChI=1S/C30H27N5O2S/c36-29(27-23-10-4-5-11-24(23)32-28(27)21-7-2-1-3-8-21)30(37)33-25-19-31-13-12-26(25)35-16-14-34(15-17-35)20-22-9-6-18-38-22/h1-13,18-19,32H,14-17,20H2,(H,33,37). The topological polar surface area (TPSA) is 81.3 Å². The summed E-state index contributed by atoms with van der Waals surface area (Å²) >= 11 is 1.78. The van der Waals surface area contributed by atoms with E-state index >= 15 is 0 Å². The molecule has 0 saturated carbocycles. The Morgan fingerprint density at radius 2 is 1.71 bits per heavy atom. The number of hydrogen-bond acceptors (Lipinski definition) is 6. The molecule has 8 heteroatoms. The molecule has 0 radical (unpaired) electrons. The lowest BCUT2D eigenvalue weighted by Crippen LogP contribution is -2.46. The van der Waals surface area contributed by atoms with E-state index < -0.39 is 11.7 Å². The van der Waals surface area contributed by atoms with Crippen molar-refractivity contribution in [3.63, 3.8) is 0 Å². The van der Waals surface area contributed by atoms with Crippen LogP contribution in [0.5, 0.6) is 0 Å². The van der Waals surface area contributed by atoms with Crippen molar-refractivity contribution in [1.29, 1.82) is 0 Å². The van der Waals surface area contributed by atoms with Gasteiger partial charge < -0.3 is 15.2 Å². The number of pyridine rings is 1. The second-order valence-corrected chi connectivity index (χ2v) is 10.3. The van der Waals surface area contributed by atoms with E-state index in [4.69, 9.17) is 0 Å². The van der Waals surface area contributed by atoms with Gasteiger partial charge in [-0.3, -0.25) is 19.5 Å². The Hall–Kier alpha value is -4.27. The number of para-hydroxylation sites is 1. The van der Waals surface area contributed by atoms with Crippen LogP contribution in [-0.4, -0.2) is 52.7 Å². The summed E-state index contributed by atoms with van der Waals surface area (Å²) in [4.78, 5) is 40.6. The van der Waals surface area contributed by atoms with E-state index in [-0.39, 0.29) is 0 Å². The highest BCUT2D eigenvalue weighted by molar-refractivity contribution is 7.09. The van der Waals surface area contributed by atoms with Crippen molar-refractivity contribution in [2.45, 2.75) is 6.54 Å². The molecular formula is C30H27N5O2S. The number of Topliss-reactive ketones (excluding diaryl/α,β-unsaturated/α-hetero) is 1. The summed E-state index contributed by atoms with van der Waals surface area (Å²) in [5, 5.41) is 5.70. The molecule has 0 atom stereocenters. The zero-order valence-electron chi connectivity index (χ0n) is 20.8. The molecule has 1 amide bonds. The number of thiophene rings is 1. The Morgan fingerprint density at radius 3 is 2.50 bits per heavy atom. The predicted octanol–water partition coefficient (Wildman–Crippen LogP) is 5.44. The summed E-state index contributed by atoms with van der Waals surface area (Å²) in [6, 6.07) is 23.3. The van der Waals surface area contributed by atoms with Crippen LogP contribution in [0.4, 0.5) is 11.4 Å². The number of H-pyrrole nitrogens is 1. The van der Waals surface area contributed by atoms with Crippen molar-refractivity contribution in [2.75, 3.05) is 36.4 Å². The van der Waals surface area contributed by atoms with Gasteiger partial charge in [0.05, 0.1) is 28.8 Å². The van der Waals surface area contributed by atoms with Crippen LogP contribution in [0.2, 0.25) is 0 Å². The lowest BCUT2D eigenvalue weighted by atomic mass is 10.0. The fourth-order valence-corrected chi connectivity index (χ4v) is 5.77. The average molecular weight is 522 g/mol. The highest BCUT2D eigenvalue weighted by atomic mass is 32.1. The number of nitrogens with one attached hydrogen (secondary N) is 2. The summed E-state index contributed by atoms with van der Waals surface area (Å²) in [6.45, 7) is 4.44. The number of nitrogens with zero attached hydrogens (tertiary/aromatic N) is 3. The number of aromatic nitrogens is 2. The Labute approximate surface area is 224 Å². The van der Waals surface area contributed by atoms with Crippen molar-refractivity contribution in [3.05, 3.63) is 101 Å². The van der Waals surface area contributed by atoms with Gasteiger partial charge in [0, 0.05) is 54.7 Å². The maximum absolute atomic E-state index is 13.6.